The van der Waals surface area contributed by atoms with Gasteiger partial charge in [0.15, 0.2) is 0 Å². The fourth-order valence-electron chi connectivity index (χ4n) is 5.72. The summed E-state index contributed by atoms with van der Waals surface area (Å²) in [6.45, 7) is 17.8. The topological polar surface area (TPSA) is 150 Å². The SMILES string of the molecule is [C-]#[N+]C[C@@H]1C[C@]1(NC(=O)[C@@H]1C[C@@H](Oc2nccc3cc(OC)ccc23)CN1C(=O)[C@@H](NC(=O)OC(C)(C)C)C(C)(C)C)C(=O)OC. The number of carbonyl (C=O) groups excluding carboxylic acids is 4. The van der Waals surface area contributed by atoms with E-state index < -0.39 is 64.5 Å². The highest BCUT2D eigenvalue weighted by atomic mass is 16.6. The molecule has 3 amide bonds. The lowest BCUT2D eigenvalue weighted by Crippen LogP contribution is -2.59. The molecule has 1 saturated heterocycles. The maximum atomic E-state index is 14.3. The lowest BCUT2D eigenvalue weighted by molar-refractivity contribution is -0.148. The molecule has 1 aliphatic carbocycles. The van der Waals surface area contributed by atoms with E-state index in [0.717, 1.165) is 10.8 Å². The minimum absolute atomic E-state index is 0.00439. The molecule has 0 bridgehead atoms. The molecule has 2 aromatic rings. The lowest BCUT2D eigenvalue weighted by Gasteiger charge is -2.35. The number of rotatable bonds is 9. The van der Waals surface area contributed by atoms with Crippen LogP contribution in [0.15, 0.2) is 30.5 Å². The van der Waals surface area contributed by atoms with Gasteiger partial charge in [0, 0.05) is 18.0 Å². The number of pyridine rings is 1. The molecule has 2 aliphatic rings. The highest BCUT2D eigenvalue weighted by Gasteiger charge is 2.65. The average Bonchev–Trinajstić information content (AvgIpc) is 3.49. The Labute approximate surface area is 269 Å². The van der Waals surface area contributed by atoms with Crippen LogP contribution in [0.25, 0.3) is 15.6 Å². The number of nitrogens with one attached hydrogen (secondary N) is 2. The Morgan fingerprint density at radius 3 is 2.46 bits per heavy atom. The minimum atomic E-state index is -1.35. The average molecular weight is 638 g/mol. The molecular weight excluding hydrogens is 594 g/mol. The Morgan fingerprint density at radius 2 is 1.85 bits per heavy atom. The number of alkyl carbamates (subject to hydrolysis) is 1. The number of carbonyl (C=O) groups is 4. The van der Waals surface area contributed by atoms with Crippen molar-refractivity contribution in [2.24, 2.45) is 11.3 Å². The summed E-state index contributed by atoms with van der Waals surface area (Å²) in [6, 6.07) is 5.16. The first-order valence-corrected chi connectivity index (χ1v) is 15.2. The zero-order chi connectivity index (χ0) is 34.0. The summed E-state index contributed by atoms with van der Waals surface area (Å²) in [5.74, 6) is -1.16. The Bertz CT molecular complexity index is 1540. The molecule has 0 unspecified atom stereocenters. The molecule has 0 radical (unpaired) electrons. The molecule has 2 heterocycles. The van der Waals surface area contributed by atoms with E-state index >= 15 is 0 Å². The van der Waals surface area contributed by atoms with Gasteiger partial charge in [0.2, 0.25) is 24.2 Å². The largest absolute Gasteiger partial charge is 0.497 e. The third-order valence-corrected chi connectivity index (χ3v) is 8.15. The minimum Gasteiger partial charge on any atom is -0.497 e. The summed E-state index contributed by atoms with van der Waals surface area (Å²) in [5.41, 5.74) is -2.92. The molecule has 1 aliphatic heterocycles. The Balaban J connectivity index is 1.66. The number of ether oxygens (including phenoxy) is 4. The number of likely N-dealkylation sites (tertiary alicyclic amines) is 1. The van der Waals surface area contributed by atoms with Gasteiger partial charge in [-0.15, -0.1) is 0 Å². The number of methoxy groups -OCH3 is 2. The predicted octanol–water partition coefficient (Wildman–Crippen LogP) is 3.50. The van der Waals surface area contributed by atoms with Gasteiger partial charge in [-0.05, 0) is 62.3 Å². The number of benzene rings is 1. The number of hydrogen-bond donors (Lipinski definition) is 2. The maximum Gasteiger partial charge on any atom is 0.408 e. The van der Waals surface area contributed by atoms with Gasteiger partial charge in [-0.25, -0.2) is 21.1 Å². The number of amides is 3. The normalized spacial score (nSPS) is 23.1. The van der Waals surface area contributed by atoms with E-state index in [1.165, 1.54) is 12.0 Å². The van der Waals surface area contributed by atoms with Crippen LogP contribution in [0.1, 0.15) is 54.4 Å². The number of hydrogen-bond acceptors (Lipinski definition) is 9. The fraction of sp³-hybridized carbons (Fsp3) is 0.576. The van der Waals surface area contributed by atoms with Crippen molar-refractivity contribution in [3.05, 3.63) is 41.9 Å². The molecule has 13 heteroatoms. The van der Waals surface area contributed by atoms with Crippen molar-refractivity contribution < 1.29 is 38.1 Å². The van der Waals surface area contributed by atoms with E-state index in [1.807, 2.05) is 18.2 Å². The molecule has 4 rings (SSSR count). The zero-order valence-electron chi connectivity index (χ0n) is 27.6. The van der Waals surface area contributed by atoms with E-state index in [-0.39, 0.29) is 25.9 Å². The fourth-order valence-corrected chi connectivity index (χ4v) is 5.72. The first kappa shape index (κ1) is 34.3. The Hall–Kier alpha value is -4.60. The zero-order valence-corrected chi connectivity index (χ0v) is 27.6. The number of nitrogens with zero attached hydrogens (tertiary/aromatic N) is 3. The molecule has 248 valence electrons. The van der Waals surface area contributed by atoms with Gasteiger partial charge >= 0.3 is 12.1 Å². The molecule has 46 heavy (non-hydrogen) atoms. The van der Waals surface area contributed by atoms with E-state index in [2.05, 4.69) is 20.5 Å². The first-order chi connectivity index (χ1) is 21.5. The third-order valence-electron chi connectivity index (χ3n) is 8.15. The molecule has 0 spiro atoms. The quantitative estimate of drug-likeness (QED) is 0.311. The van der Waals surface area contributed by atoms with Crippen molar-refractivity contribution in [2.75, 3.05) is 27.3 Å². The van der Waals surface area contributed by atoms with Crippen molar-refractivity contribution in [3.8, 4) is 11.6 Å². The lowest BCUT2D eigenvalue weighted by atomic mass is 9.85. The van der Waals surface area contributed by atoms with Crippen LogP contribution in [0.4, 0.5) is 4.79 Å². The molecule has 1 aromatic heterocycles. The summed E-state index contributed by atoms with van der Waals surface area (Å²) in [6.07, 6.45) is 0.510. The monoisotopic (exact) mass is 637 g/mol. The van der Waals surface area contributed by atoms with Gasteiger partial charge in [-0.3, -0.25) is 9.59 Å². The van der Waals surface area contributed by atoms with E-state index in [4.69, 9.17) is 25.5 Å². The summed E-state index contributed by atoms with van der Waals surface area (Å²) < 4.78 is 22.1. The van der Waals surface area contributed by atoms with E-state index in [1.54, 1.807) is 60.9 Å². The molecule has 5 atom stereocenters. The van der Waals surface area contributed by atoms with Crippen LogP contribution in [0.2, 0.25) is 0 Å². The van der Waals surface area contributed by atoms with Gasteiger partial charge in [0.25, 0.3) is 0 Å². The molecule has 13 nitrogen and oxygen atoms in total. The number of esters is 1. The standard InChI is InChI=1S/C33H43N5O8/c1-31(2,3)25(36-30(42)46-32(4,5)6)28(40)38-18-22(45-27-23-11-10-21(43-8)14-19(23)12-13-35-27)15-24(38)26(39)37-33(29(41)44-9)16-20(33)17-34-7/h10-14,20,22,24-25H,15-18H2,1-6,8-9H3,(H,36,42)(H,37,39)/t20-,22+,24-,25+,33+/m0/s1. The maximum absolute atomic E-state index is 14.3. The van der Waals surface area contributed by atoms with Crippen LogP contribution < -0.4 is 20.1 Å². The van der Waals surface area contributed by atoms with Gasteiger partial charge in [-0.2, -0.15) is 0 Å². The highest BCUT2D eigenvalue weighted by Crippen LogP contribution is 2.45. The molecular formula is C33H43N5O8. The van der Waals surface area contributed by atoms with Crippen molar-refractivity contribution in [1.29, 1.82) is 0 Å². The summed E-state index contributed by atoms with van der Waals surface area (Å²) in [5, 5.41) is 7.06. The molecule has 2 fully saturated rings. The van der Waals surface area contributed by atoms with E-state index in [0.29, 0.717) is 11.6 Å². The number of fused-ring (bicyclic) bond motifs is 1. The van der Waals surface area contributed by atoms with Gasteiger partial charge in [0.1, 0.15) is 35.1 Å². The van der Waals surface area contributed by atoms with Crippen LogP contribution in [0, 0.1) is 17.9 Å². The number of aromatic nitrogens is 1. The van der Waals surface area contributed by atoms with Crippen LogP contribution in [-0.2, 0) is 23.9 Å². The smallest absolute Gasteiger partial charge is 0.408 e. The second-order valence-electron chi connectivity index (χ2n) is 13.8. The van der Waals surface area contributed by atoms with Crippen LogP contribution in [0.3, 0.4) is 0 Å². The Kier molecular flexibility index (Phi) is 9.70. The van der Waals surface area contributed by atoms with Gasteiger partial charge in [-0.1, -0.05) is 20.8 Å². The molecule has 1 aromatic carbocycles. The van der Waals surface area contributed by atoms with Crippen LogP contribution in [0.5, 0.6) is 11.6 Å². The van der Waals surface area contributed by atoms with Crippen molar-refractivity contribution in [2.45, 2.75) is 83.7 Å². The predicted molar refractivity (Wildman–Crippen MR) is 168 cm³/mol. The second-order valence-corrected chi connectivity index (χ2v) is 13.8. The summed E-state index contributed by atoms with van der Waals surface area (Å²) >= 11 is 0. The molecule has 2 N–H and O–H groups in total. The van der Waals surface area contributed by atoms with Gasteiger partial charge < -0.3 is 39.3 Å². The first-order valence-electron chi connectivity index (χ1n) is 15.2. The van der Waals surface area contributed by atoms with Crippen LogP contribution in [-0.4, -0.2) is 90.4 Å². The summed E-state index contributed by atoms with van der Waals surface area (Å²) in [4.78, 5) is 63.0. The summed E-state index contributed by atoms with van der Waals surface area (Å²) in [7, 11) is 2.80. The Morgan fingerprint density at radius 1 is 1.13 bits per heavy atom. The third kappa shape index (κ3) is 7.43. The van der Waals surface area contributed by atoms with E-state index in [9.17, 15) is 19.2 Å². The van der Waals surface area contributed by atoms with Crippen molar-refractivity contribution in [3.63, 3.8) is 0 Å². The molecule has 1 saturated carbocycles. The van der Waals surface area contributed by atoms with Gasteiger partial charge in [0.05, 0.1) is 26.7 Å². The second kappa shape index (κ2) is 13.0. The van der Waals surface area contributed by atoms with Crippen molar-refractivity contribution in [1.82, 2.24) is 20.5 Å². The van der Waals surface area contributed by atoms with Crippen LogP contribution >= 0.6 is 0 Å². The highest BCUT2D eigenvalue weighted by molar-refractivity contribution is 5.96. The van der Waals surface area contributed by atoms with Crippen molar-refractivity contribution >= 4 is 34.6 Å².